The lowest BCUT2D eigenvalue weighted by atomic mass is 10.1. The molecule has 86 valence electrons. The fourth-order valence-electron chi connectivity index (χ4n) is 2.52. The maximum absolute atomic E-state index is 11.8. The Balaban J connectivity index is 1.98. The molecule has 2 aliphatic rings. The molecule has 1 heterocycles. The fourth-order valence-corrected chi connectivity index (χ4v) is 2.52. The minimum Gasteiger partial charge on any atom is -0.444 e. The average molecular weight is 213 g/mol. The summed E-state index contributed by atoms with van der Waals surface area (Å²) in [5.74, 6) is 0.470. The second-order valence-electron chi connectivity index (χ2n) is 5.60. The molecular formula is C11H19NO3. The molecule has 2 fully saturated rings. The number of carbonyl (C=O) groups excluding carboxylic acids is 1. The van der Waals surface area contributed by atoms with Crippen LogP contribution in [0.15, 0.2) is 0 Å². The summed E-state index contributed by atoms with van der Waals surface area (Å²) < 4.78 is 5.30. The predicted molar refractivity (Wildman–Crippen MR) is 55.5 cm³/mol. The van der Waals surface area contributed by atoms with Crippen molar-refractivity contribution in [3.05, 3.63) is 0 Å². The van der Waals surface area contributed by atoms with Crippen molar-refractivity contribution < 1.29 is 14.6 Å². The van der Waals surface area contributed by atoms with Crippen LogP contribution >= 0.6 is 0 Å². The normalized spacial score (nSPS) is 34.7. The van der Waals surface area contributed by atoms with Gasteiger partial charge in [-0.15, -0.1) is 0 Å². The van der Waals surface area contributed by atoms with Crippen LogP contribution in [-0.4, -0.2) is 40.4 Å². The molecule has 0 spiro atoms. The standard InChI is InChI=1S/C11H19NO3/c1-11(2,3)15-10(14)12-6-7-4-8(12)9(13)5-7/h7-9,13H,4-6H2,1-3H3/t7-,8-,9-/m0/s1. The molecule has 1 aliphatic heterocycles. The van der Waals surface area contributed by atoms with Crippen LogP contribution in [0, 0.1) is 5.92 Å². The van der Waals surface area contributed by atoms with Crippen LogP contribution in [0.1, 0.15) is 33.6 Å². The molecule has 0 aromatic rings. The van der Waals surface area contributed by atoms with Crippen molar-refractivity contribution in [3.63, 3.8) is 0 Å². The number of aliphatic hydroxyl groups is 1. The number of ether oxygens (including phenoxy) is 1. The molecule has 0 unspecified atom stereocenters. The molecule has 1 saturated carbocycles. The summed E-state index contributed by atoms with van der Waals surface area (Å²) in [5.41, 5.74) is -0.454. The van der Waals surface area contributed by atoms with E-state index in [1.165, 1.54) is 0 Å². The minimum atomic E-state index is -0.454. The van der Waals surface area contributed by atoms with Crippen LogP contribution in [0.25, 0.3) is 0 Å². The first-order valence-corrected chi connectivity index (χ1v) is 5.54. The van der Waals surface area contributed by atoms with Crippen molar-refractivity contribution >= 4 is 6.09 Å². The SMILES string of the molecule is CC(C)(C)OC(=O)N1C[C@@H]2C[C@H](O)[C@@H]1C2. The molecule has 1 amide bonds. The highest BCUT2D eigenvalue weighted by Gasteiger charge is 2.47. The lowest BCUT2D eigenvalue weighted by molar-refractivity contribution is -0.00176. The van der Waals surface area contributed by atoms with E-state index < -0.39 is 5.60 Å². The van der Waals surface area contributed by atoms with Crippen molar-refractivity contribution in [1.82, 2.24) is 4.90 Å². The molecule has 1 saturated heterocycles. The fraction of sp³-hybridized carbons (Fsp3) is 0.909. The van der Waals surface area contributed by atoms with Crippen molar-refractivity contribution in [2.24, 2.45) is 5.92 Å². The van der Waals surface area contributed by atoms with E-state index in [-0.39, 0.29) is 18.2 Å². The highest BCUT2D eigenvalue weighted by atomic mass is 16.6. The largest absolute Gasteiger partial charge is 0.444 e. The summed E-state index contributed by atoms with van der Waals surface area (Å²) in [6.45, 7) is 6.32. The monoisotopic (exact) mass is 213 g/mol. The summed E-state index contributed by atoms with van der Waals surface area (Å²) in [6, 6.07) is -0.00940. The Hall–Kier alpha value is -0.770. The number of likely N-dealkylation sites (tertiary alicyclic amines) is 1. The number of hydrogen-bond acceptors (Lipinski definition) is 3. The van der Waals surface area contributed by atoms with Crippen molar-refractivity contribution in [1.29, 1.82) is 0 Å². The number of rotatable bonds is 0. The van der Waals surface area contributed by atoms with E-state index in [1.54, 1.807) is 4.90 Å². The Kier molecular flexibility index (Phi) is 2.41. The van der Waals surface area contributed by atoms with Gasteiger partial charge in [0.1, 0.15) is 5.60 Å². The summed E-state index contributed by atoms with van der Waals surface area (Å²) in [7, 11) is 0. The van der Waals surface area contributed by atoms with Gasteiger partial charge in [-0.25, -0.2) is 4.79 Å². The third-order valence-corrected chi connectivity index (χ3v) is 3.08. The summed E-state index contributed by atoms with van der Waals surface area (Å²) in [5, 5.41) is 9.69. The van der Waals surface area contributed by atoms with E-state index in [0.29, 0.717) is 5.92 Å². The molecule has 2 bridgehead atoms. The highest BCUT2D eigenvalue weighted by molar-refractivity contribution is 5.69. The van der Waals surface area contributed by atoms with Crippen molar-refractivity contribution in [2.75, 3.05) is 6.54 Å². The average Bonchev–Trinajstić information content (AvgIpc) is 2.58. The highest BCUT2D eigenvalue weighted by Crippen LogP contribution is 2.38. The quantitative estimate of drug-likeness (QED) is 0.661. The van der Waals surface area contributed by atoms with E-state index >= 15 is 0 Å². The summed E-state index contributed by atoms with van der Waals surface area (Å²) >= 11 is 0. The maximum atomic E-state index is 11.8. The number of amides is 1. The van der Waals surface area contributed by atoms with E-state index in [9.17, 15) is 9.90 Å². The molecule has 2 rings (SSSR count). The molecule has 0 aromatic heterocycles. The summed E-state index contributed by atoms with van der Waals surface area (Å²) in [6.07, 6.45) is 1.13. The molecule has 4 heteroatoms. The van der Waals surface area contributed by atoms with Gasteiger partial charge in [0.15, 0.2) is 0 Å². The zero-order valence-electron chi connectivity index (χ0n) is 9.56. The lowest BCUT2D eigenvalue weighted by Gasteiger charge is -2.32. The van der Waals surface area contributed by atoms with Gasteiger partial charge in [-0.2, -0.15) is 0 Å². The van der Waals surface area contributed by atoms with Crippen LogP contribution in [0.5, 0.6) is 0 Å². The Morgan fingerprint density at radius 2 is 2.07 bits per heavy atom. The first kappa shape index (κ1) is 10.7. The number of aliphatic hydroxyl groups excluding tert-OH is 1. The van der Waals surface area contributed by atoms with Crippen molar-refractivity contribution in [3.8, 4) is 0 Å². The van der Waals surface area contributed by atoms with Gasteiger partial charge >= 0.3 is 6.09 Å². The van der Waals surface area contributed by atoms with Crippen LogP contribution in [-0.2, 0) is 4.74 Å². The Labute approximate surface area is 90.2 Å². The van der Waals surface area contributed by atoms with Gasteiger partial charge < -0.3 is 14.7 Å². The zero-order valence-corrected chi connectivity index (χ0v) is 9.56. The van der Waals surface area contributed by atoms with E-state index in [0.717, 1.165) is 19.4 Å². The van der Waals surface area contributed by atoms with Crippen LogP contribution in [0.4, 0.5) is 4.79 Å². The molecule has 0 radical (unpaired) electrons. The maximum Gasteiger partial charge on any atom is 0.410 e. The number of nitrogens with zero attached hydrogens (tertiary/aromatic N) is 1. The van der Waals surface area contributed by atoms with Gasteiger partial charge in [-0.3, -0.25) is 0 Å². The van der Waals surface area contributed by atoms with Crippen molar-refractivity contribution in [2.45, 2.75) is 51.4 Å². The Bertz CT molecular complexity index is 271. The first-order chi connectivity index (χ1) is 6.87. The van der Waals surface area contributed by atoms with Gasteiger partial charge in [0.2, 0.25) is 0 Å². The topological polar surface area (TPSA) is 49.8 Å². The second-order valence-corrected chi connectivity index (χ2v) is 5.60. The molecule has 0 aromatic carbocycles. The smallest absolute Gasteiger partial charge is 0.410 e. The molecule has 1 N–H and O–H groups in total. The van der Waals surface area contributed by atoms with Gasteiger partial charge in [0, 0.05) is 6.54 Å². The predicted octanol–water partition coefficient (Wildman–Crippen LogP) is 1.38. The molecule has 4 nitrogen and oxygen atoms in total. The van der Waals surface area contributed by atoms with Gasteiger partial charge in [0.05, 0.1) is 12.1 Å². The Morgan fingerprint density at radius 1 is 1.40 bits per heavy atom. The minimum absolute atomic E-state index is 0.00940. The van der Waals surface area contributed by atoms with Gasteiger partial charge in [-0.05, 0) is 39.5 Å². The van der Waals surface area contributed by atoms with Gasteiger partial charge in [0.25, 0.3) is 0 Å². The number of fused-ring (bicyclic) bond motifs is 2. The number of piperidine rings is 1. The summed E-state index contributed by atoms with van der Waals surface area (Å²) in [4.78, 5) is 13.5. The first-order valence-electron chi connectivity index (χ1n) is 5.54. The van der Waals surface area contributed by atoms with Gasteiger partial charge in [-0.1, -0.05) is 0 Å². The van der Waals surface area contributed by atoms with Crippen LogP contribution in [0.3, 0.4) is 0 Å². The molecular weight excluding hydrogens is 194 g/mol. The molecule has 15 heavy (non-hydrogen) atoms. The van der Waals surface area contributed by atoms with Crippen LogP contribution in [0.2, 0.25) is 0 Å². The molecule has 1 aliphatic carbocycles. The third-order valence-electron chi connectivity index (χ3n) is 3.08. The van der Waals surface area contributed by atoms with E-state index in [1.807, 2.05) is 20.8 Å². The second kappa shape index (κ2) is 3.37. The lowest BCUT2D eigenvalue weighted by Crippen LogP contribution is -2.46. The number of carbonyl (C=O) groups is 1. The molecule has 3 atom stereocenters. The van der Waals surface area contributed by atoms with E-state index in [4.69, 9.17) is 4.74 Å². The number of hydrogen-bond donors (Lipinski definition) is 1. The van der Waals surface area contributed by atoms with Crippen LogP contribution < -0.4 is 0 Å². The van der Waals surface area contributed by atoms with E-state index in [2.05, 4.69) is 0 Å². The third kappa shape index (κ3) is 2.09. The Morgan fingerprint density at radius 3 is 2.53 bits per heavy atom. The zero-order chi connectivity index (χ0) is 11.2.